The number of amides is 1. The van der Waals surface area contributed by atoms with Crippen LogP contribution in [0.1, 0.15) is 13.8 Å². The topological polar surface area (TPSA) is 81.3 Å². The number of hydrogen-bond acceptors (Lipinski definition) is 4. The van der Waals surface area contributed by atoms with E-state index < -0.39 is 41.8 Å². The molecule has 1 aliphatic carbocycles. The molecule has 0 radical (unpaired) electrons. The van der Waals surface area contributed by atoms with E-state index in [0.29, 0.717) is 0 Å². The maximum atomic E-state index is 12.3. The van der Waals surface area contributed by atoms with Crippen LogP contribution >= 0.6 is 0 Å². The molecule has 1 amide bonds. The molecule has 1 aromatic rings. The number of carboxylic acid groups (broad SMARTS) is 1. The van der Waals surface area contributed by atoms with Crippen LogP contribution in [0, 0.1) is 17.3 Å². The molecule has 1 saturated carbocycles. The molecule has 24 heavy (non-hydrogen) atoms. The first-order valence-electron chi connectivity index (χ1n) is 6.95. The monoisotopic (exact) mass is 352 g/mol. The molecule has 2 rings (SSSR count). The average Bonchev–Trinajstić information content (AvgIpc) is 3.00. The quantitative estimate of drug-likeness (QED) is 0.641. The normalized spacial score (nSPS) is 21.4. The zero-order valence-electron chi connectivity index (χ0n) is 13.5. The third-order valence-corrected chi connectivity index (χ3v) is 4.03. The van der Waals surface area contributed by atoms with Gasteiger partial charge in [0.15, 0.2) is 0 Å². The molecule has 0 aromatic heterocycles. The van der Waals surface area contributed by atoms with Crippen LogP contribution in [0.2, 0.25) is 0 Å². The van der Waals surface area contributed by atoms with E-state index >= 15 is 0 Å². The minimum Gasteiger partial charge on any atom is -0.550 e. The summed E-state index contributed by atoms with van der Waals surface area (Å²) in [6.07, 6.45) is -4.39. The van der Waals surface area contributed by atoms with Crippen molar-refractivity contribution in [1.29, 1.82) is 0 Å². The fourth-order valence-electron chi connectivity index (χ4n) is 2.72. The molecule has 5 nitrogen and oxygen atoms in total. The Morgan fingerprint density at radius 2 is 1.71 bits per heavy atom. The van der Waals surface area contributed by atoms with Gasteiger partial charge in [-0.1, -0.05) is 26.0 Å². The Kier molecular flexibility index (Phi) is 6.35. The molecular weight excluding hydrogens is 336 g/mol. The van der Waals surface area contributed by atoms with Crippen LogP contribution in [-0.4, -0.2) is 24.6 Å². The van der Waals surface area contributed by atoms with Crippen molar-refractivity contribution in [2.75, 3.05) is 17.2 Å². The molecule has 1 aromatic carbocycles. The fourth-order valence-corrected chi connectivity index (χ4v) is 2.72. The molecule has 0 heterocycles. The molecular formula is C15H16F3N2NaO3. The van der Waals surface area contributed by atoms with Crippen molar-refractivity contribution in [3.8, 4) is 0 Å². The van der Waals surface area contributed by atoms with Crippen molar-refractivity contribution >= 4 is 23.3 Å². The third-order valence-electron chi connectivity index (χ3n) is 4.03. The van der Waals surface area contributed by atoms with Gasteiger partial charge in [0.25, 0.3) is 0 Å². The summed E-state index contributed by atoms with van der Waals surface area (Å²) >= 11 is 0. The van der Waals surface area contributed by atoms with Crippen LogP contribution < -0.4 is 45.3 Å². The van der Waals surface area contributed by atoms with Gasteiger partial charge < -0.3 is 20.5 Å². The summed E-state index contributed by atoms with van der Waals surface area (Å²) in [6, 6.07) is 5.93. The number of nitrogens with one attached hydrogen (secondary N) is 2. The van der Waals surface area contributed by atoms with E-state index in [1.165, 1.54) is 18.2 Å². The molecule has 0 saturated heterocycles. The summed E-state index contributed by atoms with van der Waals surface area (Å²) in [5.41, 5.74) is -0.458. The largest absolute Gasteiger partial charge is 1.00 e. The van der Waals surface area contributed by atoms with Gasteiger partial charge in [-0.3, -0.25) is 4.79 Å². The summed E-state index contributed by atoms with van der Waals surface area (Å²) in [4.78, 5) is 23.2. The number of aliphatic carboxylic acids is 1. The second kappa shape index (κ2) is 7.33. The van der Waals surface area contributed by atoms with Gasteiger partial charge in [-0.15, -0.1) is 0 Å². The van der Waals surface area contributed by atoms with Gasteiger partial charge in [-0.05, 0) is 17.5 Å². The standard InChI is InChI=1S/C15H17F3N2O3.Na/c1-14(2)10(11(14)13(22)23)12(21)20-9-6-4-3-5-8(9)19-7-15(16,17)18;/h3-6,10-11,19H,7H2,1-2H3,(H,20,21)(H,22,23);/q;+1/p-1/t10-,11+;/m1./s1. The summed E-state index contributed by atoms with van der Waals surface area (Å²) in [7, 11) is 0. The second-order valence-electron chi connectivity index (χ2n) is 6.10. The number of alkyl halides is 3. The first-order valence-corrected chi connectivity index (χ1v) is 6.95. The van der Waals surface area contributed by atoms with E-state index in [1.807, 2.05) is 0 Å². The molecule has 0 aliphatic heterocycles. The predicted molar refractivity (Wildman–Crippen MR) is 75.4 cm³/mol. The Hall–Kier alpha value is -1.25. The van der Waals surface area contributed by atoms with Gasteiger partial charge in [0.1, 0.15) is 6.54 Å². The van der Waals surface area contributed by atoms with Crippen molar-refractivity contribution < 1.29 is 57.4 Å². The molecule has 1 fully saturated rings. The van der Waals surface area contributed by atoms with Crippen LogP contribution in [0.25, 0.3) is 0 Å². The van der Waals surface area contributed by atoms with Crippen molar-refractivity contribution in [3.63, 3.8) is 0 Å². The molecule has 0 unspecified atom stereocenters. The molecule has 1 aliphatic rings. The Morgan fingerprint density at radius 3 is 2.17 bits per heavy atom. The zero-order chi connectivity index (χ0) is 17.4. The van der Waals surface area contributed by atoms with Gasteiger partial charge in [0.2, 0.25) is 5.91 Å². The van der Waals surface area contributed by atoms with Crippen LogP contribution in [0.5, 0.6) is 0 Å². The molecule has 9 heteroatoms. The number of para-hydroxylation sites is 2. The van der Waals surface area contributed by atoms with Crippen molar-refractivity contribution in [2.24, 2.45) is 17.3 Å². The van der Waals surface area contributed by atoms with Gasteiger partial charge in [-0.2, -0.15) is 13.2 Å². The van der Waals surface area contributed by atoms with E-state index in [-0.39, 0.29) is 40.9 Å². The number of carbonyl (C=O) groups is 2. The minimum atomic E-state index is -4.39. The zero-order valence-corrected chi connectivity index (χ0v) is 15.5. The Labute approximate surface area is 159 Å². The minimum absolute atomic E-state index is 0. The summed E-state index contributed by atoms with van der Waals surface area (Å²) in [6.45, 7) is 2.02. The van der Waals surface area contributed by atoms with Crippen LogP contribution in [0.4, 0.5) is 24.5 Å². The van der Waals surface area contributed by atoms with E-state index in [4.69, 9.17) is 0 Å². The predicted octanol–water partition coefficient (Wildman–Crippen LogP) is -1.37. The maximum Gasteiger partial charge on any atom is 1.00 e. The first-order chi connectivity index (χ1) is 10.5. The van der Waals surface area contributed by atoms with E-state index in [2.05, 4.69) is 10.6 Å². The number of benzene rings is 1. The van der Waals surface area contributed by atoms with Gasteiger partial charge >= 0.3 is 35.7 Å². The van der Waals surface area contributed by atoms with Crippen LogP contribution in [-0.2, 0) is 9.59 Å². The van der Waals surface area contributed by atoms with Crippen LogP contribution in [0.3, 0.4) is 0 Å². The third kappa shape index (κ3) is 4.64. The smallest absolute Gasteiger partial charge is 0.550 e. The van der Waals surface area contributed by atoms with Crippen molar-refractivity contribution in [1.82, 2.24) is 0 Å². The first kappa shape index (κ1) is 20.8. The summed E-state index contributed by atoms with van der Waals surface area (Å²) in [5.74, 6) is -3.54. The summed E-state index contributed by atoms with van der Waals surface area (Å²) in [5, 5.41) is 15.7. The Bertz CT molecular complexity index is 635. The number of carbonyl (C=O) groups excluding carboxylic acids is 2. The van der Waals surface area contributed by atoms with Crippen molar-refractivity contribution in [3.05, 3.63) is 24.3 Å². The molecule has 0 spiro atoms. The average molecular weight is 352 g/mol. The summed E-state index contributed by atoms with van der Waals surface area (Å²) < 4.78 is 36.9. The van der Waals surface area contributed by atoms with E-state index in [9.17, 15) is 27.9 Å². The Balaban J connectivity index is 0.00000288. The molecule has 0 bridgehead atoms. The number of halogens is 3. The van der Waals surface area contributed by atoms with Crippen molar-refractivity contribution in [2.45, 2.75) is 20.0 Å². The molecule has 2 atom stereocenters. The molecule has 2 N–H and O–H groups in total. The number of anilines is 2. The number of hydrogen-bond donors (Lipinski definition) is 2. The molecule has 126 valence electrons. The maximum absolute atomic E-state index is 12.3. The van der Waals surface area contributed by atoms with E-state index in [0.717, 1.165) is 0 Å². The van der Waals surface area contributed by atoms with Gasteiger partial charge in [0.05, 0.1) is 17.3 Å². The second-order valence-corrected chi connectivity index (χ2v) is 6.10. The Morgan fingerprint density at radius 1 is 1.17 bits per heavy atom. The SMILES string of the molecule is CC1(C)[C@H](C(=O)[O-])[C@@H]1C(=O)Nc1ccccc1NCC(F)(F)F.[Na+]. The number of rotatable bonds is 5. The van der Waals surface area contributed by atoms with Gasteiger partial charge in [-0.25, -0.2) is 0 Å². The van der Waals surface area contributed by atoms with Crippen LogP contribution in [0.15, 0.2) is 24.3 Å². The van der Waals surface area contributed by atoms with Gasteiger partial charge in [0, 0.05) is 11.9 Å². The fraction of sp³-hybridized carbons (Fsp3) is 0.467. The van der Waals surface area contributed by atoms with E-state index in [1.54, 1.807) is 19.9 Å². The number of carboxylic acids is 1.